The predicted octanol–water partition coefficient (Wildman–Crippen LogP) is 2.81. The molecule has 1 aromatic heterocycles. The number of nitro benzene ring substituents is 1. The summed E-state index contributed by atoms with van der Waals surface area (Å²) >= 11 is 0. The normalized spacial score (nSPS) is 10.2. The van der Waals surface area contributed by atoms with Crippen molar-refractivity contribution in [3.63, 3.8) is 0 Å². The van der Waals surface area contributed by atoms with Gasteiger partial charge in [0.1, 0.15) is 0 Å². The van der Waals surface area contributed by atoms with Gasteiger partial charge in [-0.05, 0) is 19.1 Å². The molecule has 0 saturated heterocycles. The van der Waals surface area contributed by atoms with Gasteiger partial charge in [-0.2, -0.15) is 0 Å². The third-order valence-corrected chi connectivity index (χ3v) is 2.42. The summed E-state index contributed by atoms with van der Waals surface area (Å²) in [4.78, 5) is 13.9. The third kappa shape index (κ3) is 2.76. The maximum atomic E-state index is 13.7. The lowest BCUT2D eigenvalue weighted by Crippen LogP contribution is -1.97. The molecule has 0 aliphatic heterocycles. The Morgan fingerprint density at radius 1 is 1.42 bits per heavy atom. The summed E-state index contributed by atoms with van der Waals surface area (Å²) in [7, 11) is 0. The number of aromatic nitrogens is 1. The first-order valence-electron chi connectivity index (χ1n) is 5.31. The van der Waals surface area contributed by atoms with Crippen LogP contribution in [0, 0.1) is 22.9 Å². The van der Waals surface area contributed by atoms with Gasteiger partial charge in [-0.3, -0.25) is 10.1 Å². The zero-order valence-electron chi connectivity index (χ0n) is 9.96. The summed E-state index contributed by atoms with van der Waals surface area (Å²) < 4.78 is 18.9. The standard InChI is InChI=1S/C12H10FN3O3/c1-7-4-11(9(13)5-10(7)16(17)18)19-12-3-2-8(14)6-15-12/h2-6H,14H2,1H3. The second-order valence-electron chi connectivity index (χ2n) is 3.86. The van der Waals surface area contributed by atoms with Gasteiger partial charge in [-0.15, -0.1) is 0 Å². The summed E-state index contributed by atoms with van der Waals surface area (Å²) in [6.45, 7) is 1.50. The minimum absolute atomic E-state index is 0.125. The summed E-state index contributed by atoms with van der Waals surface area (Å²) in [5, 5.41) is 10.7. The Labute approximate surface area is 107 Å². The van der Waals surface area contributed by atoms with E-state index in [-0.39, 0.29) is 17.3 Å². The van der Waals surface area contributed by atoms with Crippen LogP contribution in [0.3, 0.4) is 0 Å². The Hall–Kier alpha value is -2.70. The molecule has 0 unspecified atom stereocenters. The molecule has 0 radical (unpaired) electrons. The molecule has 1 heterocycles. The molecule has 0 amide bonds. The number of nitrogens with zero attached hydrogens (tertiary/aromatic N) is 2. The second kappa shape index (κ2) is 4.89. The van der Waals surface area contributed by atoms with Gasteiger partial charge in [-0.1, -0.05) is 0 Å². The van der Waals surface area contributed by atoms with Crippen LogP contribution >= 0.6 is 0 Å². The van der Waals surface area contributed by atoms with Gasteiger partial charge in [0.05, 0.1) is 22.9 Å². The molecule has 2 aromatic rings. The fourth-order valence-electron chi connectivity index (χ4n) is 1.48. The molecule has 6 nitrogen and oxygen atoms in total. The van der Waals surface area contributed by atoms with Crippen LogP contribution in [0.15, 0.2) is 30.5 Å². The number of pyridine rings is 1. The van der Waals surface area contributed by atoms with Gasteiger partial charge in [0, 0.05) is 11.6 Å². The van der Waals surface area contributed by atoms with Crippen LogP contribution in [0.25, 0.3) is 0 Å². The molecule has 0 aliphatic carbocycles. The first kappa shape index (κ1) is 12.7. The maximum absolute atomic E-state index is 13.7. The van der Waals surface area contributed by atoms with Crippen molar-refractivity contribution >= 4 is 11.4 Å². The van der Waals surface area contributed by atoms with Gasteiger partial charge in [0.2, 0.25) is 5.88 Å². The zero-order valence-corrected chi connectivity index (χ0v) is 9.96. The summed E-state index contributed by atoms with van der Waals surface area (Å²) in [5.74, 6) is -0.794. The topological polar surface area (TPSA) is 91.3 Å². The highest BCUT2D eigenvalue weighted by Gasteiger charge is 2.16. The Bertz CT molecular complexity index is 629. The molecule has 0 spiro atoms. The largest absolute Gasteiger partial charge is 0.436 e. The van der Waals surface area contributed by atoms with Gasteiger partial charge in [0.15, 0.2) is 11.6 Å². The zero-order chi connectivity index (χ0) is 14.0. The number of hydrogen-bond donors (Lipinski definition) is 1. The number of nitrogens with two attached hydrogens (primary N) is 1. The molecule has 0 saturated carbocycles. The van der Waals surface area contributed by atoms with Crippen molar-refractivity contribution in [1.82, 2.24) is 4.98 Å². The fraction of sp³-hybridized carbons (Fsp3) is 0.0833. The molecular weight excluding hydrogens is 253 g/mol. The van der Waals surface area contributed by atoms with Crippen LogP contribution in [0.2, 0.25) is 0 Å². The van der Waals surface area contributed by atoms with Crippen LogP contribution < -0.4 is 10.5 Å². The molecule has 0 bridgehead atoms. The number of anilines is 1. The Morgan fingerprint density at radius 2 is 2.16 bits per heavy atom. The number of hydrogen-bond acceptors (Lipinski definition) is 5. The quantitative estimate of drug-likeness (QED) is 0.679. The fourth-order valence-corrected chi connectivity index (χ4v) is 1.48. The number of nitrogen functional groups attached to an aromatic ring is 1. The van der Waals surface area contributed by atoms with E-state index in [0.717, 1.165) is 6.07 Å². The monoisotopic (exact) mass is 263 g/mol. The molecule has 0 fully saturated rings. The van der Waals surface area contributed by atoms with E-state index in [1.54, 1.807) is 6.07 Å². The number of halogens is 1. The minimum Gasteiger partial charge on any atom is -0.436 e. The number of benzene rings is 1. The van der Waals surface area contributed by atoms with E-state index >= 15 is 0 Å². The highest BCUT2D eigenvalue weighted by atomic mass is 19.1. The summed E-state index contributed by atoms with van der Waals surface area (Å²) in [6.07, 6.45) is 1.37. The molecular formula is C12H10FN3O3. The van der Waals surface area contributed by atoms with Crippen LogP contribution in [0.4, 0.5) is 15.8 Å². The van der Waals surface area contributed by atoms with Crippen LogP contribution in [-0.2, 0) is 0 Å². The van der Waals surface area contributed by atoms with Gasteiger partial charge in [-0.25, -0.2) is 9.37 Å². The van der Waals surface area contributed by atoms with E-state index in [0.29, 0.717) is 11.3 Å². The molecule has 1 aromatic carbocycles. The van der Waals surface area contributed by atoms with Crippen molar-refractivity contribution < 1.29 is 14.1 Å². The summed E-state index contributed by atoms with van der Waals surface area (Å²) in [6, 6.07) is 5.11. The van der Waals surface area contributed by atoms with Crippen LogP contribution in [0.1, 0.15) is 5.56 Å². The van der Waals surface area contributed by atoms with Crippen molar-refractivity contribution in [3.8, 4) is 11.6 Å². The van der Waals surface area contributed by atoms with Crippen molar-refractivity contribution in [1.29, 1.82) is 0 Å². The Balaban J connectivity index is 2.33. The molecule has 98 valence electrons. The lowest BCUT2D eigenvalue weighted by molar-refractivity contribution is -0.385. The van der Waals surface area contributed by atoms with Gasteiger partial charge < -0.3 is 10.5 Å². The van der Waals surface area contributed by atoms with E-state index in [9.17, 15) is 14.5 Å². The number of rotatable bonds is 3. The number of aryl methyl sites for hydroxylation is 1. The van der Waals surface area contributed by atoms with Crippen LogP contribution in [0.5, 0.6) is 11.6 Å². The highest BCUT2D eigenvalue weighted by molar-refractivity contribution is 5.46. The third-order valence-electron chi connectivity index (χ3n) is 2.42. The number of nitro groups is 1. The van der Waals surface area contributed by atoms with Crippen molar-refractivity contribution in [3.05, 3.63) is 52.0 Å². The lowest BCUT2D eigenvalue weighted by atomic mass is 10.2. The smallest absolute Gasteiger partial charge is 0.275 e. The average molecular weight is 263 g/mol. The van der Waals surface area contributed by atoms with E-state index in [1.807, 2.05) is 0 Å². The van der Waals surface area contributed by atoms with Crippen molar-refractivity contribution in [2.45, 2.75) is 6.92 Å². The van der Waals surface area contributed by atoms with Crippen molar-refractivity contribution in [2.75, 3.05) is 5.73 Å². The number of ether oxygens (including phenoxy) is 1. The molecule has 0 atom stereocenters. The second-order valence-corrected chi connectivity index (χ2v) is 3.86. The summed E-state index contributed by atoms with van der Waals surface area (Å²) in [5.41, 5.74) is 5.92. The van der Waals surface area contributed by atoms with Crippen molar-refractivity contribution in [2.24, 2.45) is 0 Å². The molecule has 7 heteroatoms. The van der Waals surface area contributed by atoms with Crippen LogP contribution in [-0.4, -0.2) is 9.91 Å². The lowest BCUT2D eigenvalue weighted by Gasteiger charge is -2.07. The Kier molecular flexibility index (Phi) is 3.28. The van der Waals surface area contributed by atoms with E-state index in [2.05, 4.69) is 4.98 Å². The highest BCUT2D eigenvalue weighted by Crippen LogP contribution is 2.29. The Morgan fingerprint density at radius 3 is 2.74 bits per heavy atom. The first-order valence-corrected chi connectivity index (χ1v) is 5.31. The first-order chi connectivity index (χ1) is 8.97. The average Bonchev–Trinajstić information content (AvgIpc) is 2.35. The minimum atomic E-state index is -0.823. The molecule has 0 aliphatic rings. The SMILES string of the molecule is Cc1cc(Oc2ccc(N)cn2)c(F)cc1[N+](=O)[O-]. The van der Waals surface area contributed by atoms with Gasteiger partial charge in [0.25, 0.3) is 5.69 Å². The van der Waals surface area contributed by atoms with Gasteiger partial charge >= 0.3 is 0 Å². The van der Waals surface area contributed by atoms with E-state index in [1.165, 1.54) is 25.3 Å². The molecule has 19 heavy (non-hydrogen) atoms. The van der Waals surface area contributed by atoms with E-state index in [4.69, 9.17) is 10.5 Å². The molecule has 2 N–H and O–H groups in total. The van der Waals surface area contributed by atoms with E-state index < -0.39 is 10.7 Å². The predicted molar refractivity (Wildman–Crippen MR) is 66.5 cm³/mol. The molecule has 2 rings (SSSR count). The maximum Gasteiger partial charge on any atom is 0.275 e.